The maximum absolute atomic E-state index is 13.4. The number of urea groups is 1. The minimum Gasteiger partial charge on any atom is -0.494 e. The van der Waals surface area contributed by atoms with E-state index < -0.39 is 17.8 Å². The number of ether oxygens (including phenoxy) is 1. The van der Waals surface area contributed by atoms with E-state index in [1.165, 1.54) is 6.08 Å². The van der Waals surface area contributed by atoms with Crippen LogP contribution < -0.4 is 15.0 Å². The molecule has 36 heavy (non-hydrogen) atoms. The number of anilines is 1. The van der Waals surface area contributed by atoms with E-state index in [9.17, 15) is 14.4 Å². The average molecular weight is 615 g/mol. The molecule has 1 saturated heterocycles. The van der Waals surface area contributed by atoms with E-state index in [1.54, 1.807) is 12.1 Å². The number of barbiturate groups is 1. The molecular weight excluding hydrogens is 591 g/mol. The van der Waals surface area contributed by atoms with Gasteiger partial charge in [0.1, 0.15) is 11.3 Å². The molecule has 4 amide bonds. The monoisotopic (exact) mass is 614 g/mol. The van der Waals surface area contributed by atoms with Crippen molar-refractivity contribution < 1.29 is 19.1 Å². The minimum absolute atomic E-state index is 0.132. The second kappa shape index (κ2) is 10.8. The van der Waals surface area contributed by atoms with Crippen LogP contribution in [0, 0.1) is 17.4 Å². The predicted molar refractivity (Wildman–Crippen MR) is 150 cm³/mol. The summed E-state index contributed by atoms with van der Waals surface area (Å²) in [5, 5.41) is 2.96. The SMILES string of the molecule is CCOc1cc(/C=C2\C(=O)NC(=O)N(c3cc(C)ccc3C)C2=O)cc(I)c1Cc1ccccc1Cl. The van der Waals surface area contributed by atoms with Crippen molar-refractivity contribution in [2.75, 3.05) is 11.5 Å². The van der Waals surface area contributed by atoms with Crippen molar-refractivity contribution in [2.45, 2.75) is 27.2 Å². The summed E-state index contributed by atoms with van der Waals surface area (Å²) in [6.45, 7) is 6.02. The third-order valence-electron chi connectivity index (χ3n) is 5.82. The quantitative estimate of drug-likeness (QED) is 0.203. The molecule has 1 N–H and O–H groups in total. The van der Waals surface area contributed by atoms with Gasteiger partial charge in [0.2, 0.25) is 0 Å². The Morgan fingerprint density at radius 2 is 1.81 bits per heavy atom. The predicted octanol–water partition coefficient (Wildman–Crippen LogP) is 6.22. The maximum Gasteiger partial charge on any atom is 0.335 e. The number of hydrogen-bond acceptors (Lipinski definition) is 4. The van der Waals surface area contributed by atoms with Crippen molar-refractivity contribution >= 4 is 63.8 Å². The smallest absolute Gasteiger partial charge is 0.335 e. The van der Waals surface area contributed by atoms with Gasteiger partial charge in [-0.15, -0.1) is 0 Å². The van der Waals surface area contributed by atoms with Gasteiger partial charge in [0.25, 0.3) is 11.8 Å². The summed E-state index contributed by atoms with van der Waals surface area (Å²) >= 11 is 8.59. The van der Waals surface area contributed by atoms with Crippen molar-refractivity contribution in [3.63, 3.8) is 0 Å². The van der Waals surface area contributed by atoms with Crippen molar-refractivity contribution in [1.29, 1.82) is 0 Å². The second-order valence-electron chi connectivity index (χ2n) is 8.43. The molecule has 3 aromatic rings. The summed E-state index contributed by atoms with van der Waals surface area (Å²) in [5.41, 5.74) is 4.48. The molecule has 184 valence electrons. The molecule has 0 saturated carbocycles. The fourth-order valence-corrected chi connectivity index (χ4v) is 5.02. The van der Waals surface area contributed by atoms with Gasteiger partial charge in [-0.25, -0.2) is 9.69 Å². The number of carbonyl (C=O) groups is 3. The minimum atomic E-state index is -0.768. The highest BCUT2D eigenvalue weighted by Crippen LogP contribution is 2.32. The van der Waals surface area contributed by atoms with Gasteiger partial charge in [-0.05, 0) is 96.0 Å². The largest absolute Gasteiger partial charge is 0.494 e. The average Bonchev–Trinajstić information content (AvgIpc) is 2.82. The Kier molecular flexibility index (Phi) is 7.80. The van der Waals surface area contributed by atoms with Crippen LogP contribution in [-0.4, -0.2) is 24.5 Å². The molecule has 3 aromatic carbocycles. The number of imide groups is 2. The Labute approximate surface area is 228 Å². The molecule has 0 unspecified atom stereocenters. The zero-order valence-corrected chi connectivity index (χ0v) is 22.9. The van der Waals surface area contributed by atoms with E-state index in [0.29, 0.717) is 35.1 Å². The third kappa shape index (κ3) is 5.32. The van der Waals surface area contributed by atoms with Crippen molar-refractivity contribution in [3.8, 4) is 5.75 Å². The van der Waals surface area contributed by atoms with E-state index in [4.69, 9.17) is 16.3 Å². The third-order valence-corrected chi connectivity index (χ3v) is 7.15. The first-order chi connectivity index (χ1) is 17.2. The van der Waals surface area contributed by atoms with Crippen LogP contribution in [0.5, 0.6) is 5.75 Å². The van der Waals surface area contributed by atoms with Gasteiger partial charge >= 0.3 is 6.03 Å². The van der Waals surface area contributed by atoms with Crippen LogP contribution in [0.15, 0.2) is 60.2 Å². The van der Waals surface area contributed by atoms with Crippen LogP contribution in [0.25, 0.3) is 6.08 Å². The van der Waals surface area contributed by atoms with E-state index >= 15 is 0 Å². The lowest BCUT2D eigenvalue weighted by Crippen LogP contribution is -2.54. The molecule has 4 rings (SSSR count). The number of carbonyl (C=O) groups excluding carboxylic acids is 3. The van der Waals surface area contributed by atoms with Gasteiger partial charge in [0.15, 0.2) is 0 Å². The van der Waals surface area contributed by atoms with E-state index in [1.807, 2.05) is 63.2 Å². The molecule has 6 nitrogen and oxygen atoms in total. The van der Waals surface area contributed by atoms with Gasteiger partial charge in [-0.1, -0.05) is 41.9 Å². The molecule has 1 aliphatic heterocycles. The summed E-state index contributed by atoms with van der Waals surface area (Å²) in [5.74, 6) is -0.771. The molecule has 0 spiro atoms. The van der Waals surface area contributed by atoms with Crippen LogP contribution in [-0.2, 0) is 16.0 Å². The number of aryl methyl sites for hydroxylation is 2. The summed E-state index contributed by atoms with van der Waals surface area (Å²) < 4.78 is 6.82. The van der Waals surface area contributed by atoms with E-state index in [0.717, 1.165) is 30.7 Å². The lowest BCUT2D eigenvalue weighted by atomic mass is 10.00. The standard InChI is InChI=1S/C28H24ClIN2O4/c1-4-36-25-14-18(13-23(30)20(25)15-19-7-5-6-8-22(19)29)12-21-26(33)31-28(35)32(27(21)34)24-11-16(2)9-10-17(24)3/h5-14H,4,15H2,1-3H3,(H,31,33,35)/b21-12+. The molecule has 0 bridgehead atoms. The topological polar surface area (TPSA) is 75.7 Å². The van der Waals surface area contributed by atoms with Crippen LogP contribution in [0.1, 0.15) is 34.7 Å². The fourth-order valence-electron chi connectivity index (χ4n) is 4.01. The normalized spacial score (nSPS) is 14.9. The number of hydrogen-bond donors (Lipinski definition) is 1. The van der Waals surface area contributed by atoms with Gasteiger partial charge < -0.3 is 4.74 Å². The zero-order valence-electron chi connectivity index (χ0n) is 20.0. The molecule has 1 aliphatic rings. The number of halogens is 2. The Hall–Kier alpha value is -3.17. The van der Waals surface area contributed by atoms with Crippen LogP contribution in [0.2, 0.25) is 5.02 Å². The highest BCUT2D eigenvalue weighted by molar-refractivity contribution is 14.1. The number of nitrogens with one attached hydrogen (secondary N) is 1. The fraction of sp³-hybridized carbons (Fsp3) is 0.179. The zero-order chi connectivity index (χ0) is 26.0. The van der Waals surface area contributed by atoms with Crippen molar-refractivity contribution in [1.82, 2.24) is 5.32 Å². The summed E-state index contributed by atoms with van der Waals surface area (Å²) in [7, 11) is 0. The van der Waals surface area contributed by atoms with Crippen LogP contribution >= 0.6 is 34.2 Å². The van der Waals surface area contributed by atoms with Gasteiger partial charge in [0.05, 0.1) is 12.3 Å². The maximum atomic E-state index is 13.4. The van der Waals surface area contributed by atoms with Crippen LogP contribution in [0.3, 0.4) is 0 Å². The van der Waals surface area contributed by atoms with Gasteiger partial charge in [0, 0.05) is 20.6 Å². The lowest BCUT2D eigenvalue weighted by molar-refractivity contribution is -0.122. The first-order valence-electron chi connectivity index (χ1n) is 11.4. The number of amides is 4. The Morgan fingerprint density at radius 1 is 1.06 bits per heavy atom. The highest BCUT2D eigenvalue weighted by atomic mass is 127. The highest BCUT2D eigenvalue weighted by Gasteiger charge is 2.37. The summed E-state index contributed by atoms with van der Waals surface area (Å²) in [6.07, 6.45) is 2.06. The molecule has 0 aromatic heterocycles. The lowest BCUT2D eigenvalue weighted by Gasteiger charge is -2.28. The van der Waals surface area contributed by atoms with Crippen LogP contribution in [0.4, 0.5) is 10.5 Å². The van der Waals surface area contributed by atoms with E-state index in [-0.39, 0.29) is 5.57 Å². The Morgan fingerprint density at radius 3 is 2.53 bits per heavy atom. The summed E-state index contributed by atoms with van der Waals surface area (Å²) in [6, 6.07) is 16.0. The Balaban J connectivity index is 1.75. The van der Waals surface area contributed by atoms with Gasteiger partial charge in [-0.2, -0.15) is 0 Å². The van der Waals surface area contributed by atoms with E-state index in [2.05, 4.69) is 27.9 Å². The molecule has 1 fully saturated rings. The van der Waals surface area contributed by atoms with Gasteiger partial charge in [-0.3, -0.25) is 14.9 Å². The van der Waals surface area contributed by atoms with Crippen molar-refractivity contribution in [2.24, 2.45) is 0 Å². The molecule has 0 radical (unpaired) electrons. The Bertz CT molecular complexity index is 1420. The number of rotatable bonds is 6. The summed E-state index contributed by atoms with van der Waals surface area (Å²) in [4.78, 5) is 39.7. The first-order valence-corrected chi connectivity index (χ1v) is 12.8. The molecular formula is C28H24ClIN2O4. The molecule has 8 heteroatoms. The first kappa shape index (κ1) is 25.9. The molecule has 0 atom stereocenters. The molecule has 0 aliphatic carbocycles. The second-order valence-corrected chi connectivity index (χ2v) is 10.00. The number of nitrogens with zero attached hydrogens (tertiary/aromatic N) is 1. The van der Waals surface area contributed by atoms with Crippen molar-refractivity contribution in [3.05, 3.63) is 96.6 Å². The molecule has 1 heterocycles. The number of benzene rings is 3.